The SMILES string of the molecule is CC(C)CCNC(=O)C[NH+](C)CC(=O)Nc1ccc(F)cc1. The van der Waals surface area contributed by atoms with E-state index in [0.717, 1.165) is 11.3 Å². The van der Waals surface area contributed by atoms with E-state index in [0.29, 0.717) is 18.2 Å². The van der Waals surface area contributed by atoms with Gasteiger partial charge in [-0.3, -0.25) is 9.59 Å². The minimum atomic E-state index is -0.348. The maximum Gasteiger partial charge on any atom is 0.279 e. The van der Waals surface area contributed by atoms with Gasteiger partial charge in [0.25, 0.3) is 11.8 Å². The van der Waals surface area contributed by atoms with Crippen molar-refractivity contribution in [2.75, 3.05) is 32.0 Å². The maximum atomic E-state index is 12.8. The van der Waals surface area contributed by atoms with Crippen LogP contribution in [0.5, 0.6) is 0 Å². The number of carbonyl (C=O) groups is 2. The maximum absolute atomic E-state index is 12.8. The normalized spacial score (nSPS) is 12.0. The number of carbonyl (C=O) groups excluding carboxylic acids is 2. The summed E-state index contributed by atoms with van der Waals surface area (Å²) in [4.78, 5) is 24.3. The Labute approximate surface area is 130 Å². The molecule has 0 aliphatic heterocycles. The molecule has 0 heterocycles. The lowest BCUT2D eigenvalue weighted by Gasteiger charge is -2.14. The fourth-order valence-corrected chi connectivity index (χ4v) is 1.91. The minimum Gasteiger partial charge on any atom is -0.351 e. The lowest BCUT2D eigenvalue weighted by Crippen LogP contribution is -3.11. The topological polar surface area (TPSA) is 62.6 Å². The molecule has 1 unspecified atom stereocenters. The summed E-state index contributed by atoms with van der Waals surface area (Å²) in [6.07, 6.45) is 0.940. The minimum absolute atomic E-state index is 0.0623. The van der Waals surface area contributed by atoms with Gasteiger partial charge in [-0.25, -0.2) is 4.39 Å². The highest BCUT2D eigenvalue weighted by atomic mass is 19.1. The number of quaternary nitrogens is 1. The second kappa shape index (κ2) is 9.15. The van der Waals surface area contributed by atoms with Crippen molar-refractivity contribution in [1.29, 1.82) is 0 Å². The van der Waals surface area contributed by atoms with Crippen molar-refractivity contribution in [3.8, 4) is 0 Å². The van der Waals surface area contributed by atoms with Crippen molar-refractivity contribution in [3.63, 3.8) is 0 Å². The first-order chi connectivity index (χ1) is 10.4. The molecule has 122 valence electrons. The molecule has 5 nitrogen and oxygen atoms in total. The van der Waals surface area contributed by atoms with Gasteiger partial charge in [0, 0.05) is 12.2 Å². The van der Waals surface area contributed by atoms with Gasteiger partial charge in [-0.15, -0.1) is 0 Å². The van der Waals surface area contributed by atoms with Crippen LogP contribution in [0.15, 0.2) is 24.3 Å². The van der Waals surface area contributed by atoms with E-state index in [1.54, 1.807) is 7.05 Å². The molecule has 1 rings (SSSR count). The summed E-state index contributed by atoms with van der Waals surface area (Å²) in [6.45, 7) is 5.28. The Morgan fingerprint density at radius 3 is 2.32 bits per heavy atom. The first kappa shape index (κ1) is 18.1. The zero-order valence-electron chi connectivity index (χ0n) is 13.4. The Bertz CT molecular complexity index is 489. The molecule has 0 saturated heterocycles. The van der Waals surface area contributed by atoms with Crippen molar-refractivity contribution in [3.05, 3.63) is 30.1 Å². The highest BCUT2D eigenvalue weighted by molar-refractivity contribution is 5.91. The van der Waals surface area contributed by atoms with Crippen molar-refractivity contribution < 1.29 is 18.9 Å². The number of hydrogen-bond acceptors (Lipinski definition) is 2. The van der Waals surface area contributed by atoms with Crippen LogP contribution in [0.4, 0.5) is 10.1 Å². The quantitative estimate of drug-likeness (QED) is 0.652. The second-order valence-corrected chi connectivity index (χ2v) is 5.90. The van der Waals surface area contributed by atoms with E-state index in [4.69, 9.17) is 0 Å². The highest BCUT2D eigenvalue weighted by Crippen LogP contribution is 2.07. The average Bonchev–Trinajstić information content (AvgIpc) is 2.40. The number of amides is 2. The number of anilines is 1. The molecule has 0 aromatic heterocycles. The zero-order chi connectivity index (χ0) is 16.5. The van der Waals surface area contributed by atoms with Crippen LogP contribution in [-0.4, -0.2) is 38.5 Å². The summed E-state index contributed by atoms with van der Waals surface area (Å²) in [6, 6.07) is 5.57. The Morgan fingerprint density at radius 2 is 1.73 bits per heavy atom. The van der Waals surface area contributed by atoms with Gasteiger partial charge in [0.15, 0.2) is 13.1 Å². The monoisotopic (exact) mass is 310 g/mol. The van der Waals surface area contributed by atoms with Crippen LogP contribution in [0.3, 0.4) is 0 Å². The van der Waals surface area contributed by atoms with Crippen LogP contribution < -0.4 is 15.5 Å². The van der Waals surface area contributed by atoms with Crippen LogP contribution in [0.1, 0.15) is 20.3 Å². The smallest absolute Gasteiger partial charge is 0.279 e. The van der Waals surface area contributed by atoms with Crippen molar-refractivity contribution in [2.45, 2.75) is 20.3 Å². The summed E-state index contributed by atoms with van der Waals surface area (Å²) in [5.74, 6) is -0.0718. The molecule has 2 amide bonds. The van der Waals surface area contributed by atoms with Crippen molar-refractivity contribution in [2.24, 2.45) is 5.92 Å². The standard InChI is InChI=1S/C16H24FN3O2/c1-12(2)8-9-18-15(21)10-20(3)11-16(22)19-14-6-4-13(17)5-7-14/h4-7,12H,8-11H2,1-3H3,(H,18,21)(H,19,22)/p+1. The Morgan fingerprint density at radius 1 is 1.14 bits per heavy atom. The average molecular weight is 310 g/mol. The van der Waals surface area contributed by atoms with Crippen molar-refractivity contribution >= 4 is 17.5 Å². The van der Waals surface area contributed by atoms with E-state index < -0.39 is 0 Å². The molecule has 1 aromatic rings. The predicted molar refractivity (Wildman–Crippen MR) is 84.1 cm³/mol. The van der Waals surface area contributed by atoms with Crippen LogP contribution in [-0.2, 0) is 9.59 Å². The predicted octanol–water partition coefficient (Wildman–Crippen LogP) is 0.441. The van der Waals surface area contributed by atoms with E-state index in [1.165, 1.54) is 24.3 Å². The first-order valence-corrected chi connectivity index (χ1v) is 7.50. The molecule has 22 heavy (non-hydrogen) atoms. The summed E-state index contributed by atoms with van der Waals surface area (Å²) in [7, 11) is 1.78. The van der Waals surface area contributed by atoms with Gasteiger partial charge in [0.1, 0.15) is 5.82 Å². The number of halogens is 1. The fourth-order valence-electron chi connectivity index (χ4n) is 1.91. The van der Waals surface area contributed by atoms with Gasteiger partial charge in [0.05, 0.1) is 7.05 Å². The summed E-state index contributed by atoms with van der Waals surface area (Å²) in [5, 5.41) is 5.51. The molecule has 1 atom stereocenters. The number of hydrogen-bond donors (Lipinski definition) is 3. The Kier molecular flexibility index (Phi) is 7.52. The lowest BCUT2D eigenvalue weighted by atomic mass is 10.1. The molecule has 0 aliphatic rings. The van der Waals surface area contributed by atoms with Crippen LogP contribution >= 0.6 is 0 Å². The summed E-state index contributed by atoms with van der Waals surface area (Å²) in [5.41, 5.74) is 0.542. The lowest BCUT2D eigenvalue weighted by molar-refractivity contribution is -0.862. The van der Waals surface area contributed by atoms with Gasteiger partial charge in [-0.2, -0.15) is 0 Å². The third-order valence-electron chi connectivity index (χ3n) is 3.10. The van der Waals surface area contributed by atoms with Gasteiger partial charge in [-0.05, 0) is 36.6 Å². The molecule has 0 fully saturated rings. The molecule has 0 radical (unpaired) electrons. The van der Waals surface area contributed by atoms with Crippen LogP contribution in [0.2, 0.25) is 0 Å². The van der Waals surface area contributed by atoms with Crippen molar-refractivity contribution in [1.82, 2.24) is 5.32 Å². The van der Waals surface area contributed by atoms with E-state index in [-0.39, 0.29) is 30.7 Å². The molecule has 0 aliphatic carbocycles. The number of nitrogens with one attached hydrogen (secondary N) is 3. The van der Waals surface area contributed by atoms with E-state index in [1.807, 2.05) is 0 Å². The zero-order valence-corrected chi connectivity index (χ0v) is 13.4. The molecule has 0 bridgehead atoms. The van der Waals surface area contributed by atoms with Gasteiger partial charge in [-0.1, -0.05) is 13.8 Å². The molecule has 0 spiro atoms. The van der Waals surface area contributed by atoms with Gasteiger partial charge < -0.3 is 15.5 Å². The molecule has 1 aromatic carbocycles. The molecular formula is C16H25FN3O2+. The number of likely N-dealkylation sites (N-methyl/N-ethyl adjacent to an activating group) is 1. The Hall–Kier alpha value is -1.95. The molecular weight excluding hydrogens is 285 g/mol. The van der Waals surface area contributed by atoms with Crippen LogP contribution in [0.25, 0.3) is 0 Å². The third kappa shape index (κ3) is 7.73. The molecule has 0 saturated carbocycles. The third-order valence-corrected chi connectivity index (χ3v) is 3.10. The Balaban J connectivity index is 2.28. The molecule has 3 N–H and O–H groups in total. The van der Waals surface area contributed by atoms with E-state index >= 15 is 0 Å². The highest BCUT2D eigenvalue weighted by Gasteiger charge is 2.14. The van der Waals surface area contributed by atoms with Gasteiger partial charge >= 0.3 is 0 Å². The first-order valence-electron chi connectivity index (χ1n) is 7.50. The number of rotatable bonds is 8. The summed E-state index contributed by atoms with van der Waals surface area (Å²) < 4.78 is 12.8. The van der Waals surface area contributed by atoms with Crippen LogP contribution in [0, 0.1) is 11.7 Å². The fraction of sp³-hybridized carbons (Fsp3) is 0.500. The summed E-state index contributed by atoms with van der Waals surface area (Å²) >= 11 is 0. The van der Waals surface area contributed by atoms with E-state index in [2.05, 4.69) is 24.5 Å². The number of benzene rings is 1. The molecule has 6 heteroatoms. The largest absolute Gasteiger partial charge is 0.351 e. The van der Waals surface area contributed by atoms with Gasteiger partial charge in [0.2, 0.25) is 0 Å². The second-order valence-electron chi connectivity index (χ2n) is 5.90. The van der Waals surface area contributed by atoms with E-state index in [9.17, 15) is 14.0 Å².